The molecule has 28 heavy (non-hydrogen) atoms. The lowest BCUT2D eigenvalue weighted by atomic mass is 9.87. The van der Waals surface area contributed by atoms with Crippen LogP contribution in [0, 0.1) is 0 Å². The van der Waals surface area contributed by atoms with Crippen molar-refractivity contribution < 1.29 is 0 Å². The van der Waals surface area contributed by atoms with Crippen molar-refractivity contribution in [2.75, 3.05) is 4.90 Å². The average molecular weight is 359 g/mol. The van der Waals surface area contributed by atoms with Crippen LogP contribution in [0.1, 0.15) is 33.4 Å². The third-order valence-electron chi connectivity index (χ3n) is 6.41. The molecule has 1 aliphatic carbocycles. The quantitative estimate of drug-likeness (QED) is 0.367. The molecule has 0 amide bonds. The molecule has 3 heteroatoms. The molecule has 0 atom stereocenters. The molecule has 2 aromatic heterocycles. The molecular formula is C25H17N3. The van der Waals surface area contributed by atoms with Crippen molar-refractivity contribution in [1.82, 2.24) is 9.97 Å². The van der Waals surface area contributed by atoms with Gasteiger partial charge in [0.1, 0.15) is 0 Å². The highest BCUT2D eigenvalue weighted by Gasteiger charge is 2.33. The first-order chi connectivity index (χ1) is 13.9. The molecule has 2 aliphatic heterocycles. The van der Waals surface area contributed by atoms with E-state index in [4.69, 9.17) is 0 Å². The molecule has 4 heterocycles. The van der Waals surface area contributed by atoms with E-state index in [1.807, 2.05) is 24.8 Å². The van der Waals surface area contributed by atoms with Crippen LogP contribution in [-0.2, 0) is 19.3 Å². The molecule has 0 N–H and O–H groups in total. The summed E-state index contributed by atoms with van der Waals surface area (Å²) in [6, 6.07) is 15.8. The normalized spacial score (nSPS) is 14.6. The average Bonchev–Trinajstić information content (AvgIpc) is 3.09. The van der Waals surface area contributed by atoms with Gasteiger partial charge in [0, 0.05) is 37.6 Å². The van der Waals surface area contributed by atoms with Gasteiger partial charge < -0.3 is 4.90 Å². The fraction of sp³-hybridized carbons (Fsp3) is 0.120. The highest BCUT2D eigenvalue weighted by molar-refractivity contribution is 5.92. The highest BCUT2D eigenvalue weighted by Crippen LogP contribution is 2.52. The van der Waals surface area contributed by atoms with Crippen molar-refractivity contribution in [3.63, 3.8) is 0 Å². The number of nitrogens with zero attached hydrogens (tertiary/aromatic N) is 3. The summed E-state index contributed by atoms with van der Waals surface area (Å²) >= 11 is 0. The number of rotatable bonds is 0. The second-order valence-electron chi connectivity index (χ2n) is 7.97. The first-order valence-electron chi connectivity index (χ1n) is 9.80. The van der Waals surface area contributed by atoms with Gasteiger partial charge in [-0.25, -0.2) is 0 Å². The van der Waals surface area contributed by atoms with Crippen LogP contribution in [-0.4, -0.2) is 9.97 Å². The molecule has 4 aromatic rings. The third-order valence-corrected chi connectivity index (χ3v) is 6.41. The Kier molecular flexibility index (Phi) is 2.64. The summed E-state index contributed by atoms with van der Waals surface area (Å²) in [7, 11) is 0. The number of hydrogen-bond acceptors (Lipinski definition) is 3. The minimum absolute atomic E-state index is 0.902. The number of fused-ring (bicyclic) bond motifs is 7. The summed E-state index contributed by atoms with van der Waals surface area (Å²) in [5.74, 6) is 0. The first kappa shape index (κ1) is 14.6. The molecule has 132 valence electrons. The monoisotopic (exact) mass is 359 g/mol. The van der Waals surface area contributed by atoms with E-state index in [2.05, 4.69) is 57.3 Å². The molecule has 3 nitrogen and oxygen atoms in total. The standard InChI is InChI=1S/C25H17N3/c1-2-4-21-15(3-1)7-16-8-17-9-19-13-27-14-20-10-18-12-26-6-5-23(18)28(25(19)20)24(17)11-22(16)21/h1-6,8,11-14H,7,9-10H2. The summed E-state index contributed by atoms with van der Waals surface area (Å²) in [6.07, 6.45) is 10.9. The van der Waals surface area contributed by atoms with Gasteiger partial charge in [-0.05, 0) is 63.1 Å². The Morgan fingerprint density at radius 1 is 0.607 bits per heavy atom. The maximum absolute atomic E-state index is 4.54. The summed E-state index contributed by atoms with van der Waals surface area (Å²) < 4.78 is 0. The molecule has 0 fully saturated rings. The van der Waals surface area contributed by atoms with Crippen molar-refractivity contribution in [1.29, 1.82) is 0 Å². The molecular weight excluding hydrogens is 342 g/mol. The molecule has 2 aromatic carbocycles. The Labute approximate surface area is 163 Å². The van der Waals surface area contributed by atoms with Crippen LogP contribution >= 0.6 is 0 Å². The van der Waals surface area contributed by atoms with E-state index in [0.717, 1.165) is 19.3 Å². The lowest BCUT2D eigenvalue weighted by molar-refractivity contribution is 0.975. The maximum Gasteiger partial charge on any atom is 0.0563 e. The Balaban J connectivity index is 1.53. The van der Waals surface area contributed by atoms with Gasteiger partial charge >= 0.3 is 0 Å². The smallest absolute Gasteiger partial charge is 0.0563 e. The lowest BCUT2D eigenvalue weighted by Gasteiger charge is -2.39. The van der Waals surface area contributed by atoms with Gasteiger partial charge in [0.15, 0.2) is 0 Å². The molecule has 0 radical (unpaired) electrons. The van der Waals surface area contributed by atoms with Crippen LogP contribution in [0.5, 0.6) is 0 Å². The van der Waals surface area contributed by atoms with Gasteiger partial charge in [0.05, 0.1) is 17.1 Å². The summed E-state index contributed by atoms with van der Waals surface area (Å²) in [4.78, 5) is 11.4. The summed E-state index contributed by atoms with van der Waals surface area (Å²) in [6.45, 7) is 0. The Bertz CT molecular complexity index is 1310. The molecule has 7 rings (SSSR count). The summed E-state index contributed by atoms with van der Waals surface area (Å²) in [5.41, 5.74) is 14.8. The van der Waals surface area contributed by atoms with Gasteiger partial charge in [0.25, 0.3) is 0 Å². The number of pyridine rings is 2. The Hall–Kier alpha value is -3.46. The predicted octanol–water partition coefficient (Wildman–Crippen LogP) is 5.33. The van der Waals surface area contributed by atoms with E-state index >= 15 is 0 Å². The van der Waals surface area contributed by atoms with E-state index in [0.29, 0.717) is 0 Å². The second kappa shape index (κ2) is 5.08. The molecule has 3 aliphatic rings. The third kappa shape index (κ3) is 1.79. The van der Waals surface area contributed by atoms with Crippen molar-refractivity contribution in [2.24, 2.45) is 0 Å². The molecule has 0 saturated carbocycles. The predicted molar refractivity (Wildman–Crippen MR) is 111 cm³/mol. The van der Waals surface area contributed by atoms with Crippen molar-refractivity contribution in [2.45, 2.75) is 19.3 Å². The van der Waals surface area contributed by atoms with E-state index in [-0.39, 0.29) is 0 Å². The van der Waals surface area contributed by atoms with Gasteiger partial charge in [-0.3, -0.25) is 9.97 Å². The van der Waals surface area contributed by atoms with Crippen LogP contribution in [0.2, 0.25) is 0 Å². The first-order valence-corrected chi connectivity index (χ1v) is 9.80. The topological polar surface area (TPSA) is 29.0 Å². The van der Waals surface area contributed by atoms with Crippen molar-refractivity contribution in [3.8, 4) is 11.1 Å². The zero-order valence-electron chi connectivity index (χ0n) is 15.3. The van der Waals surface area contributed by atoms with Gasteiger partial charge in [-0.1, -0.05) is 30.3 Å². The minimum Gasteiger partial charge on any atom is -0.309 e. The minimum atomic E-state index is 0.902. The van der Waals surface area contributed by atoms with Gasteiger partial charge in [-0.2, -0.15) is 0 Å². The van der Waals surface area contributed by atoms with Crippen molar-refractivity contribution >= 4 is 17.1 Å². The molecule has 0 bridgehead atoms. The second-order valence-corrected chi connectivity index (χ2v) is 7.97. The molecule has 0 unspecified atom stereocenters. The van der Waals surface area contributed by atoms with Crippen LogP contribution in [0.25, 0.3) is 11.1 Å². The fourth-order valence-corrected chi connectivity index (χ4v) is 5.22. The largest absolute Gasteiger partial charge is 0.309 e. The van der Waals surface area contributed by atoms with Crippen LogP contribution < -0.4 is 4.90 Å². The van der Waals surface area contributed by atoms with Gasteiger partial charge in [0.2, 0.25) is 0 Å². The highest BCUT2D eigenvalue weighted by atomic mass is 15.2. The van der Waals surface area contributed by atoms with Crippen LogP contribution in [0.4, 0.5) is 17.1 Å². The number of anilines is 3. The zero-order valence-corrected chi connectivity index (χ0v) is 15.3. The number of aromatic nitrogens is 2. The Morgan fingerprint density at radius 2 is 1.39 bits per heavy atom. The number of benzene rings is 2. The zero-order chi connectivity index (χ0) is 18.2. The van der Waals surface area contributed by atoms with E-state index in [9.17, 15) is 0 Å². The van der Waals surface area contributed by atoms with Crippen molar-refractivity contribution in [3.05, 3.63) is 101 Å². The van der Waals surface area contributed by atoms with E-state index in [1.165, 1.54) is 61.6 Å². The lowest BCUT2D eigenvalue weighted by Crippen LogP contribution is -2.25. The SMILES string of the molecule is c1ccc2c(c1)Cc1cc3c(cc1-2)N1c2ccncc2Cc2cncc(c21)C3. The maximum atomic E-state index is 4.54. The van der Waals surface area contributed by atoms with Crippen LogP contribution in [0.3, 0.4) is 0 Å². The Morgan fingerprint density at radius 3 is 2.32 bits per heavy atom. The van der Waals surface area contributed by atoms with E-state index < -0.39 is 0 Å². The van der Waals surface area contributed by atoms with Gasteiger partial charge in [-0.15, -0.1) is 0 Å². The molecule has 0 saturated heterocycles. The van der Waals surface area contributed by atoms with E-state index in [1.54, 1.807) is 0 Å². The fourth-order valence-electron chi connectivity index (χ4n) is 5.22. The number of hydrogen-bond donors (Lipinski definition) is 0. The molecule has 0 spiro atoms. The summed E-state index contributed by atoms with van der Waals surface area (Å²) in [5, 5.41) is 0. The van der Waals surface area contributed by atoms with Crippen LogP contribution in [0.15, 0.2) is 67.3 Å².